The van der Waals surface area contributed by atoms with Gasteiger partial charge in [-0.1, -0.05) is 32.6 Å². The summed E-state index contributed by atoms with van der Waals surface area (Å²) < 4.78 is 0. The Bertz CT molecular complexity index is 227. The molecule has 2 aliphatic rings. The van der Waals surface area contributed by atoms with Crippen LogP contribution in [0, 0.1) is 5.92 Å². The van der Waals surface area contributed by atoms with Gasteiger partial charge < -0.3 is 10.2 Å². The summed E-state index contributed by atoms with van der Waals surface area (Å²) >= 11 is 0. The minimum Gasteiger partial charge on any atom is -0.314 e. The normalized spacial score (nSPS) is 35.3. The minimum absolute atomic E-state index is 0.791. The van der Waals surface area contributed by atoms with Crippen molar-refractivity contribution in [3.05, 3.63) is 0 Å². The van der Waals surface area contributed by atoms with Gasteiger partial charge in [0.2, 0.25) is 0 Å². The van der Waals surface area contributed by atoms with Crippen molar-refractivity contribution in [2.45, 2.75) is 77.3 Å². The molecular formula is C16H32N2. The standard InChI is InChI=1S/C16H32N2/c1-3-17-16-11-7-6-10-15(16)13-18-12-8-4-5-9-14(18)2/h14-17H,3-13H2,1-2H3. The average Bonchev–Trinajstić information content (AvgIpc) is 2.58. The van der Waals surface area contributed by atoms with Crippen LogP contribution in [0.1, 0.15) is 65.2 Å². The van der Waals surface area contributed by atoms with Gasteiger partial charge in [-0.3, -0.25) is 0 Å². The molecule has 1 aliphatic heterocycles. The molecule has 0 spiro atoms. The van der Waals surface area contributed by atoms with Gasteiger partial charge in [-0.05, 0) is 51.6 Å². The van der Waals surface area contributed by atoms with Crippen molar-refractivity contribution in [3.63, 3.8) is 0 Å². The zero-order valence-corrected chi connectivity index (χ0v) is 12.5. The maximum absolute atomic E-state index is 3.73. The van der Waals surface area contributed by atoms with Crippen LogP contribution in [-0.4, -0.2) is 36.6 Å². The van der Waals surface area contributed by atoms with Gasteiger partial charge in [-0.25, -0.2) is 0 Å². The van der Waals surface area contributed by atoms with E-state index in [1.54, 1.807) is 0 Å². The molecule has 0 bridgehead atoms. The van der Waals surface area contributed by atoms with E-state index < -0.39 is 0 Å². The van der Waals surface area contributed by atoms with Gasteiger partial charge in [0.05, 0.1) is 0 Å². The third-order valence-electron chi connectivity index (χ3n) is 5.03. The Morgan fingerprint density at radius 1 is 1.00 bits per heavy atom. The number of rotatable bonds is 4. The first-order valence-electron chi connectivity index (χ1n) is 8.28. The van der Waals surface area contributed by atoms with Gasteiger partial charge in [-0.15, -0.1) is 0 Å². The van der Waals surface area contributed by atoms with Crippen LogP contribution in [0.5, 0.6) is 0 Å². The molecule has 106 valence electrons. The first-order chi connectivity index (χ1) is 8.81. The van der Waals surface area contributed by atoms with Crippen molar-refractivity contribution < 1.29 is 0 Å². The van der Waals surface area contributed by atoms with Crippen LogP contribution < -0.4 is 5.32 Å². The van der Waals surface area contributed by atoms with Crippen LogP contribution in [0.2, 0.25) is 0 Å². The Morgan fingerprint density at radius 2 is 1.78 bits per heavy atom. The first kappa shape index (κ1) is 14.3. The van der Waals surface area contributed by atoms with Crippen LogP contribution in [0.15, 0.2) is 0 Å². The zero-order chi connectivity index (χ0) is 12.8. The van der Waals surface area contributed by atoms with Crippen LogP contribution in [-0.2, 0) is 0 Å². The van der Waals surface area contributed by atoms with Crippen LogP contribution in [0.25, 0.3) is 0 Å². The van der Waals surface area contributed by atoms with Gasteiger partial charge in [0, 0.05) is 18.6 Å². The minimum atomic E-state index is 0.791. The van der Waals surface area contributed by atoms with Crippen molar-refractivity contribution in [1.82, 2.24) is 10.2 Å². The Hall–Kier alpha value is -0.0800. The van der Waals surface area contributed by atoms with E-state index in [-0.39, 0.29) is 0 Å². The number of likely N-dealkylation sites (tertiary alicyclic amines) is 1. The lowest BCUT2D eigenvalue weighted by atomic mass is 9.83. The van der Waals surface area contributed by atoms with Gasteiger partial charge >= 0.3 is 0 Å². The van der Waals surface area contributed by atoms with E-state index in [9.17, 15) is 0 Å². The quantitative estimate of drug-likeness (QED) is 0.825. The van der Waals surface area contributed by atoms with Crippen LogP contribution in [0.4, 0.5) is 0 Å². The van der Waals surface area contributed by atoms with Crippen LogP contribution in [0.3, 0.4) is 0 Å². The molecule has 2 fully saturated rings. The van der Waals surface area contributed by atoms with Crippen molar-refractivity contribution >= 4 is 0 Å². The molecule has 0 amide bonds. The second-order valence-electron chi connectivity index (χ2n) is 6.40. The molecule has 3 unspecified atom stereocenters. The second kappa shape index (κ2) is 7.49. The summed E-state index contributed by atoms with van der Waals surface area (Å²) in [5, 5.41) is 3.73. The Morgan fingerprint density at radius 3 is 2.61 bits per heavy atom. The van der Waals surface area contributed by atoms with E-state index in [4.69, 9.17) is 0 Å². The molecule has 2 nitrogen and oxygen atoms in total. The Labute approximate surface area is 114 Å². The maximum atomic E-state index is 3.73. The Balaban J connectivity index is 1.88. The molecule has 0 aromatic carbocycles. The number of nitrogens with zero attached hydrogens (tertiary/aromatic N) is 1. The highest BCUT2D eigenvalue weighted by atomic mass is 15.2. The summed E-state index contributed by atoms with van der Waals surface area (Å²) in [7, 11) is 0. The lowest BCUT2D eigenvalue weighted by Gasteiger charge is -2.37. The predicted octanol–water partition coefficient (Wildman–Crippen LogP) is 3.42. The SMILES string of the molecule is CCNC1CCCCC1CN1CCCCCC1C. The summed E-state index contributed by atoms with van der Waals surface area (Å²) in [4.78, 5) is 2.79. The summed E-state index contributed by atoms with van der Waals surface area (Å²) in [6.45, 7) is 8.52. The predicted molar refractivity (Wildman–Crippen MR) is 78.9 cm³/mol. The van der Waals surface area contributed by atoms with E-state index in [0.29, 0.717) is 0 Å². The fourth-order valence-electron chi connectivity index (χ4n) is 3.86. The zero-order valence-electron chi connectivity index (χ0n) is 12.5. The molecule has 18 heavy (non-hydrogen) atoms. The maximum Gasteiger partial charge on any atom is 0.0107 e. The molecule has 0 radical (unpaired) electrons. The first-order valence-corrected chi connectivity index (χ1v) is 8.28. The van der Waals surface area contributed by atoms with E-state index in [1.165, 1.54) is 64.5 Å². The van der Waals surface area contributed by atoms with E-state index in [0.717, 1.165) is 24.5 Å². The van der Waals surface area contributed by atoms with Crippen molar-refractivity contribution in [1.29, 1.82) is 0 Å². The fraction of sp³-hybridized carbons (Fsp3) is 1.00. The van der Waals surface area contributed by atoms with Crippen molar-refractivity contribution in [2.75, 3.05) is 19.6 Å². The van der Waals surface area contributed by atoms with E-state index in [2.05, 4.69) is 24.1 Å². The summed E-state index contributed by atoms with van der Waals surface area (Å²) in [5.74, 6) is 0.902. The Kier molecular flexibility index (Phi) is 5.97. The highest BCUT2D eigenvalue weighted by Gasteiger charge is 2.28. The number of hydrogen-bond acceptors (Lipinski definition) is 2. The average molecular weight is 252 g/mol. The lowest BCUT2D eigenvalue weighted by Crippen LogP contribution is -2.46. The van der Waals surface area contributed by atoms with Gasteiger partial charge in [0.25, 0.3) is 0 Å². The van der Waals surface area contributed by atoms with Crippen molar-refractivity contribution in [3.8, 4) is 0 Å². The third-order valence-corrected chi connectivity index (χ3v) is 5.03. The van der Waals surface area contributed by atoms with Crippen LogP contribution >= 0.6 is 0 Å². The van der Waals surface area contributed by atoms with E-state index in [1.807, 2.05) is 0 Å². The smallest absolute Gasteiger partial charge is 0.0107 e. The summed E-state index contributed by atoms with van der Waals surface area (Å²) in [6.07, 6.45) is 11.5. The number of hydrogen-bond donors (Lipinski definition) is 1. The molecule has 1 saturated carbocycles. The number of nitrogens with one attached hydrogen (secondary N) is 1. The van der Waals surface area contributed by atoms with Crippen molar-refractivity contribution in [2.24, 2.45) is 5.92 Å². The summed E-state index contributed by atoms with van der Waals surface area (Å²) in [5.41, 5.74) is 0. The lowest BCUT2D eigenvalue weighted by molar-refractivity contribution is 0.138. The topological polar surface area (TPSA) is 15.3 Å². The summed E-state index contributed by atoms with van der Waals surface area (Å²) in [6, 6.07) is 1.61. The molecule has 3 atom stereocenters. The molecule has 1 aliphatic carbocycles. The van der Waals surface area contributed by atoms with E-state index >= 15 is 0 Å². The highest BCUT2D eigenvalue weighted by molar-refractivity contribution is 4.84. The highest BCUT2D eigenvalue weighted by Crippen LogP contribution is 2.27. The van der Waals surface area contributed by atoms with Gasteiger partial charge in [0.1, 0.15) is 0 Å². The second-order valence-corrected chi connectivity index (χ2v) is 6.40. The molecule has 2 rings (SSSR count). The molecule has 0 aromatic rings. The molecular weight excluding hydrogens is 220 g/mol. The molecule has 1 N–H and O–H groups in total. The third kappa shape index (κ3) is 3.96. The largest absolute Gasteiger partial charge is 0.314 e. The van der Waals surface area contributed by atoms with Gasteiger partial charge in [-0.2, -0.15) is 0 Å². The molecule has 1 heterocycles. The molecule has 2 heteroatoms. The molecule has 0 aromatic heterocycles. The monoisotopic (exact) mass is 252 g/mol. The molecule has 1 saturated heterocycles. The van der Waals surface area contributed by atoms with Gasteiger partial charge in [0.15, 0.2) is 0 Å². The fourth-order valence-corrected chi connectivity index (χ4v) is 3.86.